The first-order chi connectivity index (χ1) is 11.5. The van der Waals surface area contributed by atoms with E-state index in [2.05, 4.69) is 4.72 Å². The molecule has 0 saturated heterocycles. The third-order valence-corrected chi connectivity index (χ3v) is 5.01. The molecule has 1 rings (SSSR count). The minimum absolute atomic E-state index is 0.403. The molecule has 25 heavy (non-hydrogen) atoms. The van der Waals surface area contributed by atoms with Gasteiger partial charge in [-0.15, -0.1) is 0 Å². The number of amides is 1. The normalized spacial score (nSPS) is 13.5. The van der Waals surface area contributed by atoms with Gasteiger partial charge in [-0.05, 0) is 38.0 Å². The lowest BCUT2D eigenvalue weighted by atomic mass is 10.2. The summed E-state index contributed by atoms with van der Waals surface area (Å²) in [6.45, 7) is 6.15. The van der Waals surface area contributed by atoms with Crippen LogP contribution in [0.5, 0.6) is 0 Å². The molecule has 142 valence electrons. The third kappa shape index (κ3) is 6.00. The molecule has 0 fully saturated rings. The van der Waals surface area contributed by atoms with E-state index in [1.807, 2.05) is 13.8 Å². The number of sulfonamides is 1. The van der Waals surface area contributed by atoms with Gasteiger partial charge in [0.05, 0.1) is 16.5 Å². The highest BCUT2D eigenvalue weighted by atomic mass is 32.2. The Bertz CT molecular complexity index is 684. The number of nitrogens with one attached hydrogen (secondary N) is 1. The second-order valence-electron chi connectivity index (χ2n) is 5.69. The lowest BCUT2D eigenvalue weighted by Gasteiger charge is -2.25. The molecule has 0 spiro atoms. The van der Waals surface area contributed by atoms with Crippen LogP contribution in [0.25, 0.3) is 0 Å². The van der Waals surface area contributed by atoms with Gasteiger partial charge >= 0.3 is 6.18 Å². The molecule has 5 nitrogen and oxygen atoms in total. The highest BCUT2D eigenvalue weighted by molar-refractivity contribution is 7.89. The van der Waals surface area contributed by atoms with E-state index in [0.717, 1.165) is 31.0 Å². The molecule has 0 radical (unpaired) electrons. The average Bonchev–Trinajstić information content (AvgIpc) is 2.53. The van der Waals surface area contributed by atoms with Crippen LogP contribution in [-0.4, -0.2) is 38.4 Å². The lowest BCUT2D eigenvalue weighted by Crippen LogP contribution is -2.47. The molecule has 1 atom stereocenters. The van der Waals surface area contributed by atoms with Crippen LogP contribution in [0.2, 0.25) is 0 Å². The van der Waals surface area contributed by atoms with E-state index in [1.54, 1.807) is 4.90 Å². The van der Waals surface area contributed by atoms with E-state index in [1.165, 1.54) is 6.92 Å². The van der Waals surface area contributed by atoms with Crippen molar-refractivity contribution in [2.75, 3.05) is 13.1 Å². The first-order valence-corrected chi connectivity index (χ1v) is 9.49. The number of nitrogens with zero attached hydrogens (tertiary/aromatic N) is 1. The number of carbonyl (C=O) groups excluding carboxylic acids is 1. The zero-order chi connectivity index (χ0) is 19.3. The molecule has 0 heterocycles. The molecule has 1 aromatic rings. The molecule has 0 aliphatic heterocycles. The Morgan fingerprint density at radius 3 is 2.24 bits per heavy atom. The lowest BCUT2D eigenvalue weighted by molar-refractivity contribution is -0.137. The average molecular weight is 380 g/mol. The first-order valence-electron chi connectivity index (χ1n) is 8.01. The fourth-order valence-electron chi connectivity index (χ4n) is 2.34. The minimum atomic E-state index is -4.65. The molecule has 0 aromatic heterocycles. The molecule has 0 aliphatic rings. The number of hydrogen-bond acceptors (Lipinski definition) is 3. The standard InChI is InChI=1S/C16H23F3N2O3S/c1-4-9-21(10-5-2)15(22)12(3)20-25(23,24)14-8-6-7-13(11-14)16(17,18)19/h6-8,11-12,20H,4-5,9-10H2,1-3H3. The maximum absolute atomic E-state index is 12.7. The van der Waals surface area contributed by atoms with Crippen molar-refractivity contribution in [3.8, 4) is 0 Å². The van der Waals surface area contributed by atoms with Gasteiger partial charge in [0.1, 0.15) is 0 Å². The van der Waals surface area contributed by atoms with Crippen molar-refractivity contribution < 1.29 is 26.4 Å². The van der Waals surface area contributed by atoms with Gasteiger partial charge < -0.3 is 4.90 Å². The maximum Gasteiger partial charge on any atom is 0.416 e. The van der Waals surface area contributed by atoms with Crippen LogP contribution in [0.4, 0.5) is 13.2 Å². The maximum atomic E-state index is 12.7. The van der Waals surface area contributed by atoms with E-state index in [-0.39, 0.29) is 0 Å². The van der Waals surface area contributed by atoms with Gasteiger partial charge in [-0.3, -0.25) is 4.79 Å². The third-order valence-electron chi connectivity index (χ3n) is 3.47. The van der Waals surface area contributed by atoms with Gasteiger partial charge in [0, 0.05) is 13.1 Å². The summed E-state index contributed by atoms with van der Waals surface area (Å²) in [6.07, 6.45) is -3.20. The number of halogens is 3. The summed E-state index contributed by atoms with van der Waals surface area (Å²) in [5, 5.41) is 0. The number of alkyl halides is 3. The quantitative estimate of drug-likeness (QED) is 0.754. The molecule has 1 unspecified atom stereocenters. The highest BCUT2D eigenvalue weighted by Gasteiger charge is 2.32. The van der Waals surface area contributed by atoms with Crippen molar-refractivity contribution in [3.05, 3.63) is 29.8 Å². The largest absolute Gasteiger partial charge is 0.416 e. The minimum Gasteiger partial charge on any atom is -0.341 e. The molecular weight excluding hydrogens is 357 g/mol. The molecule has 0 saturated carbocycles. The van der Waals surface area contributed by atoms with Crippen molar-refractivity contribution in [2.24, 2.45) is 0 Å². The summed E-state index contributed by atoms with van der Waals surface area (Å²) >= 11 is 0. The fourth-order valence-corrected chi connectivity index (χ4v) is 3.58. The van der Waals surface area contributed by atoms with E-state index in [9.17, 15) is 26.4 Å². The highest BCUT2D eigenvalue weighted by Crippen LogP contribution is 2.30. The summed E-state index contributed by atoms with van der Waals surface area (Å²) in [5.41, 5.74) is -1.06. The Balaban J connectivity index is 2.98. The summed E-state index contributed by atoms with van der Waals surface area (Å²) in [6, 6.07) is 2.35. The second-order valence-corrected chi connectivity index (χ2v) is 7.41. The van der Waals surface area contributed by atoms with Gasteiger partial charge in [-0.2, -0.15) is 17.9 Å². The van der Waals surface area contributed by atoms with Gasteiger partial charge in [-0.25, -0.2) is 8.42 Å². The van der Waals surface area contributed by atoms with E-state index in [4.69, 9.17) is 0 Å². The van der Waals surface area contributed by atoms with Crippen LogP contribution in [0.3, 0.4) is 0 Å². The molecule has 1 aromatic carbocycles. The monoisotopic (exact) mass is 380 g/mol. The second kappa shape index (κ2) is 8.66. The zero-order valence-corrected chi connectivity index (χ0v) is 15.2. The van der Waals surface area contributed by atoms with Crippen molar-refractivity contribution in [2.45, 2.75) is 50.7 Å². The Kier molecular flexibility index (Phi) is 7.43. The van der Waals surface area contributed by atoms with E-state index >= 15 is 0 Å². The van der Waals surface area contributed by atoms with Gasteiger partial charge in [-0.1, -0.05) is 19.9 Å². The van der Waals surface area contributed by atoms with E-state index < -0.39 is 38.6 Å². The van der Waals surface area contributed by atoms with Crippen LogP contribution < -0.4 is 4.72 Å². The number of hydrogen-bond donors (Lipinski definition) is 1. The van der Waals surface area contributed by atoms with Gasteiger partial charge in [0.2, 0.25) is 15.9 Å². The summed E-state index contributed by atoms with van der Waals surface area (Å²) in [4.78, 5) is 13.4. The first kappa shape index (κ1) is 21.4. The number of rotatable bonds is 8. The van der Waals surface area contributed by atoms with Crippen LogP contribution in [0.1, 0.15) is 39.2 Å². The predicted octanol–water partition coefficient (Wildman–Crippen LogP) is 3.02. The molecule has 0 bridgehead atoms. The molecule has 1 amide bonds. The predicted molar refractivity (Wildman–Crippen MR) is 88.4 cm³/mol. The molecule has 9 heteroatoms. The smallest absolute Gasteiger partial charge is 0.341 e. The fraction of sp³-hybridized carbons (Fsp3) is 0.562. The van der Waals surface area contributed by atoms with Crippen LogP contribution >= 0.6 is 0 Å². The number of benzene rings is 1. The summed E-state index contributed by atoms with van der Waals surface area (Å²) in [7, 11) is -4.25. The summed E-state index contributed by atoms with van der Waals surface area (Å²) in [5.74, 6) is -0.403. The Hall–Kier alpha value is -1.61. The Labute approximate surface area is 146 Å². The van der Waals surface area contributed by atoms with Crippen LogP contribution in [0, 0.1) is 0 Å². The SMILES string of the molecule is CCCN(CCC)C(=O)C(C)NS(=O)(=O)c1cccc(C(F)(F)F)c1. The topological polar surface area (TPSA) is 66.5 Å². The molecular formula is C16H23F3N2O3S. The van der Waals surface area contributed by atoms with Crippen LogP contribution in [0.15, 0.2) is 29.2 Å². The van der Waals surface area contributed by atoms with Gasteiger partial charge in [0.15, 0.2) is 0 Å². The summed E-state index contributed by atoms with van der Waals surface area (Å²) < 4.78 is 65.0. The Morgan fingerprint density at radius 2 is 1.76 bits per heavy atom. The van der Waals surface area contributed by atoms with E-state index in [0.29, 0.717) is 19.2 Å². The van der Waals surface area contributed by atoms with Crippen molar-refractivity contribution in [1.29, 1.82) is 0 Å². The van der Waals surface area contributed by atoms with Crippen molar-refractivity contribution in [3.63, 3.8) is 0 Å². The molecule has 1 N–H and O–H groups in total. The zero-order valence-electron chi connectivity index (χ0n) is 14.4. The van der Waals surface area contributed by atoms with Gasteiger partial charge in [0.25, 0.3) is 0 Å². The molecule has 0 aliphatic carbocycles. The van der Waals surface area contributed by atoms with Crippen LogP contribution in [-0.2, 0) is 21.0 Å². The van der Waals surface area contributed by atoms with Crippen molar-refractivity contribution in [1.82, 2.24) is 9.62 Å². The Morgan fingerprint density at radius 1 is 1.20 bits per heavy atom. The van der Waals surface area contributed by atoms with Crippen molar-refractivity contribution >= 4 is 15.9 Å². The number of carbonyl (C=O) groups is 1.